The minimum atomic E-state index is 0. The summed E-state index contributed by atoms with van der Waals surface area (Å²) in [6.45, 7) is 6.17. The molecule has 0 amide bonds. The van der Waals surface area contributed by atoms with E-state index < -0.39 is 0 Å². The molecule has 0 saturated heterocycles. The summed E-state index contributed by atoms with van der Waals surface area (Å²) in [5.74, 6) is 0.740. The number of halogens is 1. The molecule has 0 heterocycles. The van der Waals surface area contributed by atoms with Gasteiger partial charge in [-0.2, -0.15) is 0 Å². The van der Waals surface area contributed by atoms with Gasteiger partial charge in [0, 0.05) is 18.0 Å². The van der Waals surface area contributed by atoms with Crippen LogP contribution in [0.4, 0.5) is 0 Å². The number of guanidine groups is 1. The first kappa shape index (κ1) is 19.5. The number of nitrogens with one attached hydrogen (secondary N) is 2. The molecule has 0 spiro atoms. The maximum absolute atomic E-state index is 8.83. The van der Waals surface area contributed by atoms with Gasteiger partial charge in [-0.15, -0.1) is 35.7 Å². The van der Waals surface area contributed by atoms with Crippen molar-refractivity contribution >= 4 is 41.7 Å². The van der Waals surface area contributed by atoms with Gasteiger partial charge in [-0.05, 0) is 37.3 Å². The average Bonchev–Trinajstić information content (AvgIpc) is 2.42. The molecule has 0 aliphatic rings. The number of thioether (sulfide) groups is 1. The lowest BCUT2D eigenvalue weighted by Gasteiger charge is -2.11. The van der Waals surface area contributed by atoms with Gasteiger partial charge in [0.2, 0.25) is 0 Å². The Kier molecular flexibility index (Phi) is 11.0. The highest BCUT2D eigenvalue weighted by molar-refractivity contribution is 14.0. The van der Waals surface area contributed by atoms with Crippen LogP contribution in [0.2, 0.25) is 0 Å². The van der Waals surface area contributed by atoms with Gasteiger partial charge in [0.15, 0.2) is 5.96 Å². The van der Waals surface area contributed by atoms with Crippen LogP contribution >= 0.6 is 35.7 Å². The molecule has 1 aromatic rings. The smallest absolute Gasteiger partial charge is 0.191 e. The molecule has 0 radical (unpaired) electrons. The van der Waals surface area contributed by atoms with Crippen LogP contribution in [-0.2, 0) is 6.54 Å². The minimum Gasteiger partial charge on any atom is -0.395 e. The Morgan fingerprint density at radius 1 is 1.35 bits per heavy atom. The number of rotatable bonds is 6. The summed E-state index contributed by atoms with van der Waals surface area (Å²) < 4.78 is 0. The Hall–Kier alpha value is -0.470. The van der Waals surface area contributed by atoms with Gasteiger partial charge in [0.1, 0.15) is 0 Å². The second-order valence-corrected chi connectivity index (χ2v) is 5.01. The lowest BCUT2D eigenvalue weighted by molar-refractivity contribution is 0.300. The number of aliphatic hydroxyl groups excluding tert-OH is 1. The highest BCUT2D eigenvalue weighted by atomic mass is 127. The molecule has 1 rings (SSSR count). The summed E-state index contributed by atoms with van der Waals surface area (Å²) in [5.41, 5.74) is 2.49. The van der Waals surface area contributed by atoms with E-state index in [2.05, 4.69) is 47.0 Å². The van der Waals surface area contributed by atoms with Crippen molar-refractivity contribution in [2.24, 2.45) is 4.99 Å². The molecule has 0 aliphatic heterocycles. The van der Waals surface area contributed by atoms with E-state index in [1.54, 1.807) is 11.8 Å². The van der Waals surface area contributed by atoms with E-state index in [1.165, 1.54) is 16.0 Å². The van der Waals surface area contributed by atoms with Crippen LogP contribution in [-0.4, -0.2) is 37.0 Å². The molecule has 114 valence electrons. The number of aliphatic hydroxyl groups is 1. The van der Waals surface area contributed by atoms with Gasteiger partial charge < -0.3 is 15.7 Å². The molecule has 0 aliphatic carbocycles. The standard InChI is InChI=1S/C14H23N3OS.HI/c1-4-15-14(16-7-8-18)17-10-12-6-5-11(2)9-13(12)19-3;/h5-6,9,18H,4,7-8,10H2,1-3H3,(H2,15,16,17);1H. The van der Waals surface area contributed by atoms with Crippen molar-refractivity contribution in [3.05, 3.63) is 29.3 Å². The molecular formula is C14H24IN3OS. The number of hydrogen-bond acceptors (Lipinski definition) is 3. The van der Waals surface area contributed by atoms with Crippen LogP contribution in [0.3, 0.4) is 0 Å². The molecule has 0 bridgehead atoms. The second kappa shape index (κ2) is 11.2. The summed E-state index contributed by atoms with van der Waals surface area (Å²) in [7, 11) is 0. The summed E-state index contributed by atoms with van der Waals surface area (Å²) in [4.78, 5) is 5.79. The predicted molar refractivity (Wildman–Crippen MR) is 98.3 cm³/mol. The van der Waals surface area contributed by atoms with Gasteiger partial charge in [0.25, 0.3) is 0 Å². The van der Waals surface area contributed by atoms with E-state index >= 15 is 0 Å². The van der Waals surface area contributed by atoms with Crippen LogP contribution in [0.1, 0.15) is 18.1 Å². The van der Waals surface area contributed by atoms with E-state index in [1.807, 2.05) is 6.92 Å². The molecular weight excluding hydrogens is 385 g/mol. The molecule has 0 saturated carbocycles. The maximum Gasteiger partial charge on any atom is 0.191 e. The molecule has 20 heavy (non-hydrogen) atoms. The van der Waals surface area contributed by atoms with Crippen molar-refractivity contribution < 1.29 is 5.11 Å². The minimum absolute atomic E-state index is 0. The lowest BCUT2D eigenvalue weighted by Crippen LogP contribution is -2.38. The van der Waals surface area contributed by atoms with Crippen molar-refractivity contribution in [2.45, 2.75) is 25.3 Å². The Bertz CT molecular complexity index is 427. The molecule has 3 N–H and O–H groups in total. The maximum atomic E-state index is 8.83. The van der Waals surface area contributed by atoms with Gasteiger partial charge in [-0.1, -0.05) is 12.1 Å². The fourth-order valence-electron chi connectivity index (χ4n) is 1.66. The van der Waals surface area contributed by atoms with Crippen LogP contribution < -0.4 is 10.6 Å². The number of aliphatic imine (C=N–C) groups is 1. The van der Waals surface area contributed by atoms with Gasteiger partial charge in [-0.25, -0.2) is 4.99 Å². The van der Waals surface area contributed by atoms with Gasteiger partial charge in [0.05, 0.1) is 13.2 Å². The van der Waals surface area contributed by atoms with Gasteiger partial charge >= 0.3 is 0 Å². The second-order valence-electron chi connectivity index (χ2n) is 4.16. The Morgan fingerprint density at radius 3 is 2.70 bits per heavy atom. The highest BCUT2D eigenvalue weighted by Gasteiger charge is 2.02. The summed E-state index contributed by atoms with van der Waals surface area (Å²) in [5, 5.41) is 15.1. The van der Waals surface area contributed by atoms with Gasteiger partial charge in [-0.3, -0.25) is 0 Å². The predicted octanol–water partition coefficient (Wildman–Crippen LogP) is 2.38. The van der Waals surface area contributed by atoms with Crippen molar-refractivity contribution in [1.29, 1.82) is 0 Å². The van der Waals surface area contributed by atoms with Crippen molar-refractivity contribution in [2.75, 3.05) is 26.0 Å². The van der Waals surface area contributed by atoms with E-state index in [4.69, 9.17) is 5.11 Å². The Balaban J connectivity index is 0.00000361. The molecule has 1 aromatic carbocycles. The molecule has 6 heteroatoms. The Morgan fingerprint density at radius 2 is 2.10 bits per heavy atom. The van der Waals surface area contributed by atoms with Crippen molar-refractivity contribution in [3.8, 4) is 0 Å². The van der Waals surface area contributed by atoms with E-state index in [-0.39, 0.29) is 30.6 Å². The zero-order chi connectivity index (χ0) is 14.1. The van der Waals surface area contributed by atoms with E-state index in [0.717, 1.165) is 12.5 Å². The zero-order valence-corrected chi connectivity index (χ0v) is 15.4. The fourth-order valence-corrected chi connectivity index (χ4v) is 2.36. The number of hydrogen-bond donors (Lipinski definition) is 3. The topological polar surface area (TPSA) is 56.7 Å². The molecule has 0 unspecified atom stereocenters. The molecule has 0 aromatic heterocycles. The SMILES string of the molecule is CCNC(=NCc1ccc(C)cc1SC)NCCO.I. The third-order valence-corrected chi connectivity index (χ3v) is 3.42. The fraction of sp³-hybridized carbons (Fsp3) is 0.500. The number of benzene rings is 1. The van der Waals surface area contributed by atoms with Crippen LogP contribution in [0, 0.1) is 6.92 Å². The summed E-state index contributed by atoms with van der Waals surface area (Å²) in [6.07, 6.45) is 2.08. The Labute approximate surface area is 142 Å². The average molecular weight is 409 g/mol. The largest absolute Gasteiger partial charge is 0.395 e. The monoisotopic (exact) mass is 409 g/mol. The summed E-state index contributed by atoms with van der Waals surface area (Å²) in [6, 6.07) is 6.42. The lowest BCUT2D eigenvalue weighted by atomic mass is 10.1. The third-order valence-electron chi connectivity index (χ3n) is 2.60. The highest BCUT2D eigenvalue weighted by Crippen LogP contribution is 2.22. The quantitative estimate of drug-likeness (QED) is 0.292. The molecule has 0 fully saturated rings. The van der Waals surface area contributed by atoms with E-state index in [0.29, 0.717) is 13.1 Å². The van der Waals surface area contributed by atoms with Crippen LogP contribution in [0.25, 0.3) is 0 Å². The first-order chi connectivity index (χ1) is 9.21. The van der Waals surface area contributed by atoms with E-state index in [9.17, 15) is 0 Å². The van der Waals surface area contributed by atoms with Crippen molar-refractivity contribution in [1.82, 2.24) is 10.6 Å². The third kappa shape index (κ3) is 6.81. The number of aryl methyl sites for hydroxylation is 1. The number of nitrogens with zero attached hydrogens (tertiary/aromatic N) is 1. The summed E-state index contributed by atoms with van der Waals surface area (Å²) >= 11 is 1.74. The normalized spacial score (nSPS) is 10.9. The first-order valence-corrected chi connectivity index (χ1v) is 7.70. The van der Waals surface area contributed by atoms with Crippen molar-refractivity contribution in [3.63, 3.8) is 0 Å². The van der Waals surface area contributed by atoms with Crippen LogP contribution in [0.5, 0.6) is 0 Å². The first-order valence-electron chi connectivity index (χ1n) is 6.47. The molecule has 0 atom stereocenters. The molecule has 4 nitrogen and oxygen atoms in total. The van der Waals surface area contributed by atoms with Crippen LogP contribution in [0.15, 0.2) is 28.1 Å². The zero-order valence-electron chi connectivity index (χ0n) is 12.3.